The first-order chi connectivity index (χ1) is 32.3. The Morgan fingerprint density at radius 3 is 2.42 bits per heavy atom. The van der Waals surface area contributed by atoms with Crippen LogP contribution >= 0.6 is 0 Å². The molecule has 4 aliphatic heterocycles. The molecule has 3 aromatic carbocycles. The van der Waals surface area contributed by atoms with Gasteiger partial charge in [0.05, 0.1) is 23.5 Å². The normalized spacial score (nSPS) is 22.9. The number of rotatable bonds is 12. The summed E-state index contributed by atoms with van der Waals surface area (Å²) in [6.07, 6.45) is 7.49. The van der Waals surface area contributed by atoms with E-state index in [0.29, 0.717) is 40.9 Å². The molecule has 6 heterocycles. The van der Waals surface area contributed by atoms with Crippen molar-refractivity contribution in [3.63, 3.8) is 0 Å². The molecule has 3 saturated heterocycles. The predicted octanol–water partition coefficient (Wildman–Crippen LogP) is 6.58. The van der Waals surface area contributed by atoms with E-state index in [9.17, 15) is 32.0 Å². The van der Waals surface area contributed by atoms with Gasteiger partial charge in [-0.25, -0.2) is 18.2 Å². The molecule has 2 unspecified atom stereocenters. The highest BCUT2D eigenvalue weighted by Crippen LogP contribution is 2.35. The van der Waals surface area contributed by atoms with E-state index in [0.717, 1.165) is 84.9 Å². The molecule has 3 amide bonds. The lowest BCUT2D eigenvalue weighted by atomic mass is 9.94. The Hall–Kier alpha value is -6.31. The largest absolute Gasteiger partial charge is 0.490 e. The summed E-state index contributed by atoms with van der Waals surface area (Å²) in [6, 6.07) is 16.0. The first-order valence-electron chi connectivity index (χ1n) is 22.6. The minimum Gasteiger partial charge on any atom is -0.490 e. The molecule has 0 spiro atoms. The van der Waals surface area contributed by atoms with Crippen molar-refractivity contribution in [2.75, 3.05) is 35.8 Å². The maximum atomic E-state index is 15.8. The number of aromatic amines is 1. The molecule has 350 valence electrons. The van der Waals surface area contributed by atoms with Gasteiger partial charge in [-0.05, 0) is 105 Å². The van der Waals surface area contributed by atoms with Crippen LogP contribution in [0.25, 0.3) is 22.2 Å². The second kappa shape index (κ2) is 18.1. The number of amides is 3. The van der Waals surface area contributed by atoms with Gasteiger partial charge in [-0.15, -0.1) is 0 Å². The van der Waals surface area contributed by atoms with Gasteiger partial charge in [0.25, 0.3) is 5.91 Å². The lowest BCUT2D eigenvalue weighted by Gasteiger charge is -2.37. The summed E-state index contributed by atoms with van der Waals surface area (Å²) in [5, 5.41) is 2.66. The number of halogens is 3. The molecule has 0 radical (unpaired) electrons. The number of benzene rings is 3. The van der Waals surface area contributed by atoms with Gasteiger partial charge in [-0.2, -0.15) is 12.7 Å². The Kier molecular flexibility index (Phi) is 12.0. The minimum absolute atomic E-state index is 0.00335. The average molecular weight is 940 g/mol. The number of nitrogens with zero attached hydrogens (tertiary/aromatic N) is 4. The van der Waals surface area contributed by atoms with Crippen molar-refractivity contribution >= 4 is 56.1 Å². The summed E-state index contributed by atoms with van der Waals surface area (Å²) in [6.45, 7) is 1.45. The second-order valence-electron chi connectivity index (χ2n) is 17.9. The van der Waals surface area contributed by atoms with Crippen LogP contribution < -0.4 is 19.7 Å². The zero-order valence-corrected chi connectivity index (χ0v) is 37.1. The van der Waals surface area contributed by atoms with Crippen molar-refractivity contribution in [1.82, 2.24) is 24.5 Å². The van der Waals surface area contributed by atoms with E-state index in [1.807, 2.05) is 47.2 Å². The van der Waals surface area contributed by atoms with Crippen LogP contribution in [0.2, 0.25) is 0 Å². The summed E-state index contributed by atoms with van der Waals surface area (Å²) in [7, 11) is -4.37. The van der Waals surface area contributed by atoms with E-state index in [4.69, 9.17) is 9.47 Å². The Morgan fingerprint density at radius 2 is 1.66 bits per heavy atom. The summed E-state index contributed by atoms with van der Waals surface area (Å²) in [5.74, 6) is -3.83. The van der Waals surface area contributed by atoms with Gasteiger partial charge in [0.1, 0.15) is 35.5 Å². The Morgan fingerprint density at radius 1 is 0.866 bits per heavy atom. The maximum absolute atomic E-state index is 15.8. The number of H-pyrrole nitrogens is 1. The van der Waals surface area contributed by atoms with Crippen molar-refractivity contribution in [3.05, 3.63) is 107 Å². The first-order valence-corrected chi connectivity index (χ1v) is 24.1. The number of alkyl halides is 1. The lowest BCUT2D eigenvalue weighted by molar-refractivity contribution is -0.136. The number of carbonyl (C=O) groups excluding carboxylic acids is 4. The molecule has 19 heteroatoms. The minimum atomic E-state index is -4.37. The van der Waals surface area contributed by atoms with E-state index >= 15 is 8.78 Å². The molecule has 67 heavy (non-hydrogen) atoms. The summed E-state index contributed by atoms with van der Waals surface area (Å²) < 4.78 is 86.2. The molecule has 4 fully saturated rings. The third kappa shape index (κ3) is 8.99. The van der Waals surface area contributed by atoms with E-state index in [1.165, 1.54) is 6.20 Å². The number of fused-ring (bicyclic) bond motifs is 2. The molecule has 1 aliphatic carbocycles. The van der Waals surface area contributed by atoms with Crippen LogP contribution in [0, 0.1) is 11.6 Å². The fourth-order valence-corrected chi connectivity index (χ4v) is 11.2. The molecule has 2 aromatic heterocycles. The van der Waals surface area contributed by atoms with Crippen LogP contribution in [0.15, 0.2) is 73.1 Å². The topological polar surface area (TPSA) is 183 Å². The summed E-state index contributed by atoms with van der Waals surface area (Å²) >= 11 is 0. The van der Waals surface area contributed by atoms with Crippen LogP contribution in [0.5, 0.6) is 5.75 Å². The van der Waals surface area contributed by atoms with Gasteiger partial charge < -0.3 is 24.3 Å². The fourth-order valence-electron chi connectivity index (χ4n) is 9.96. The standard InChI is InChI=1S/C48H48F3N7O8S/c49-30-14-19-57(26-30)67(63,64)55-40-11-10-39(50)43(44(40)51)45(60)38-24-53-46-37(38)21-28(23-52-46)27-4-7-32(8-5-27)65-34-2-1-3-35(22-34)66-33-15-17-56(18-16-33)31-6-9-36-29(20-31)25-58(48(36)62)41-12-13-42(59)54-47(41)61/h4-11,20-21,23-24,30,33-35,41,55H,1-3,12-19,22,25-26H2,(H,52,53)(H,54,59,61)/t30-,34-,35?,41?/m1/s1. The zero-order valence-electron chi connectivity index (χ0n) is 36.3. The van der Waals surface area contributed by atoms with Crippen LogP contribution in [0.1, 0.15) is 89.6 Å². The highest BCUT2D eigenvalue weighted by Gasteiger charge is 2.40. The smallest absolute Gasteiger partial charge is 0.301 e. The molecule has 10 rings (SSSR count). The van der Waals surface area contributed by atoms with E-state index < -0.39 is 63.5 Å². The molecular weight excluding hydrogens is 892 g/mol. The van der Waals surface area contributed by atoms with Gasteiger partial charge in [-0.1, -0.05) is 12.1 Å². The highest BCUT2D eigenvalue weighted by molar-refractivity contribution is 7.90. The van der Waals surface area contributed by atoms with E-state index in [2.05, 4.69) is 20.2 Å². The molecule has 5 aliphatic rings. The van der Waals surface area contributed by atoms with Crippen LogP contribution in [0.4, 0.5) is 24.5 Å². The Bertz CT molecular complexity index is 2890. The number of imide groups is 1. The average Bonchev–Trinajstić information content (AvgIpc) is 4.05. The lowest BCUT2D eigenvalue weighted by Crippen LogP contribution is -2.52. The molecule has 1 saturated carbocycles. The molecule has 3 N–H and O–H groups in total. The van der Waals surface area contributed by atoms with Gasteiger partial charge in [-0.3, -0.25) is 29.2 Å². The van der Waals surface area contributed by atoms with Crippen LogP contribution in [-0.4, -0.2) is 108 Å². The number of anilines is 2. The molecule has 15 nitrogen and oxygen atoms in total. The molecule has 5 aromatic rings. The SMILES string of the molecule is O=C1CCC(N2Cc3cc(N4CCC(OC5CCC[C@@H](Oc6ccc(-c7cnc8[nH]cc(C(=O)c9c(F)ccc(NS(=O)(=O)N%10CC[C@@H](F)C%10)c9F)c8c7)cc6)C5)CC4)ccc3C2=O)C(=O)N1. The fraction of sp³-hybridized carbons (Fsp3) is 0.396. The number of hydrogen-bond acceptors (Lipinski definition) is 10. The van der Waals surface area contributed by atoms with Crippen LogP contribution in [0.3, 0.4) is 0 Å². The summed E-state index contributed by atoms with van der Waals surface area (Å²) in [4.78, 5) is 62.2. The molecular formula is C48H48F3N7O8S. The quantitative estimate of drug-likeness (QED) is 0.0914. The number of ether oxygens (including phenoxy) is 2. The van der Waals surface area contributed by atoms with Gasteiger partial charge in [0, 0.05) is 85.7 Å². The second-order valence-corrected chi connectivity index (χ2v) is 19.6. The van der Waals surface area contributed by atoms with Crippen molar-refractivity contribution < 1.29 is 50.2 Å². The number of aromatic nitrogens is 2. The highest BCUT2D eigenvalue weighted by atomic mass is 32.2. The number of hydrogen-bond donors (Lipinski definition) is 3. The monoisotopic (exact) mass is 939 g/mol. The number of pyridine rings is 1. The third-order valence-electron chi connectivity index (χ3n) is 13.5. The number of ketones is 1. The summed E-state index contributed by atoms with van der Waals surface area (Å²) in [5.41, 5.74) is 2.54. The third-order valence-corrected chi connectivity index (χ3v) is 15.0. The van der Waals surface area contributed by atoms with Crippen molar-refractivity contribution in [3.8, 4) is 16.9 Å². The zero-order chi connectivity index (χ0) is 46.6. The number of carbonyl (C=O) groups is 4. The van der Waals surface area contributed by atoms with Crippen molar-refractivity contribution in [1.29, 1.82) is 0 Å². The first kappa shape index (κ1) is 44.5. The Labute approximate surface area is 384 Å². The molecule has 4 atom stereocenters. The van der Waals surface area contributed by atoms with Gasteiger partial charge >= 0.3 is 10.2 Å². The van der Waals surface area contributed by atoms with Crippen molar-refractivity contribution in [2.24, 2.45) is 0 Å². The predicted molar refractivity (Wildman–Crippen MR) is 240 cm³/mol. The van der Waals surface area contributed by atoms with E-state index in [-0.39, 0.29) is 55.1 Å². The maximum Gasteiger partial charge on any atom is 0.301 e. The Balaban J connectivity index is 0.736. The number of piperidine rings is 2. The van der Waals surface area contributed by atoms with Crippen LogP contribution in [-0.2, 0) is 31.1 Å². The molecule has 0 bridgehead atoms. The van der Waals surface area contributed by atoms with Gasteiger partial charge in [0.2, 0.25) is 17.6 Å². The number of nitrogens with one attached hydrogen (secondary N) is 3. The van der Waals surface area contributed by atoms with Crippen molar-refractivity contribution in [2.45, 2.75) is 94.9 Å². The van der Waals surface area contributed by atoms with Gasteiger partial charge in [0.15, 0.2) is 5.82 Å². The van der Waals surface area contributed by atoms with E-state index in [1.54, 1.807) is 17.2 Å².